The summed E-state index contributed by atoms with van der Waals surface area (Å²) in [4.78, 5) is 11.7. The van der Waals surface area contributed by atoms with Crippen LogP contribution in [0.4, 0.5) is 10.1 Å². The summed E-state index contributed by atoms with van der Waals surface area (Å²) in [6.07, 6.45) is 0.418. The number of carbonyl (C=O) groups excluding carboxylic acids is 1. The van der Waals surface area contributed by atoms with Gasteiger partial charge in [0, 0.05) is 17.8 Å². The van der Waals surface area contributed by atoms with Gasteiger partial charge in [-0.2, -0.15) is 0 Å². The van der Waals surface area contributed by atoms with Gasteiger partial charge >= 0.3 is 0 Å². The second-order valence-electron chi connectivity index (χ2n) is 7.05. The zero-order chi connectivity index (χ0) is 18.8. The van der Waals surface area contributed by atoms with Gasteiger partial charge in [-0.3, -0.25) is 4.79 Å². The maximum Gasteiger partial charge on any atom is 0.253 e. The molecule has 0 aliphatic carbocycles. The Hall–Kier alpha value is -1.55. The Morgan fingerprint density at radius 2 is 2.04 bits per heavy atom. The molecule has 1 amide bonds. The molecule has 0 spiro atoms. The van der Waals surface area contributed by atoms with E-state index in [1.54, 1.807) is 20.8 Å². The van der Waals surface area contributed by atoms with E-state index < -0.39 is 38.3 Å². The summed E-state index contributed by atoms with van der Waals surface area (Å²) in [6.45, 7) is 5.29. The van der Waals surface area contributed by atoms with Crippen molar-refractivity contribution < 1.29 is 22.3 Å². The van der Waals surface area contributed by atoms with Crippen LogP contribution in [0.1, 0.15) is 33.6 Å². The minimum Gasteiger partial charge on any atom is -0.364 e. The Morgan fingerprint density at radius 3 is 2.60 bits per heavy atom. The fraction of sp³-hybridized carbons (Fsp3) is 0.562. The first-order valence-electron chi connectivity index (χ1n) is 8.02. The van der Waals surface area contributed by atoms with Crippen LogP contribution >= 0.6 is 0 Å². The van der Waals surface area contributed by atoms with Crippen LogP contribution in [0.15, 0.2) is 23.1 Å². The average molecular weight is 373 g/mol. The van der Waals surface area contributed by atoms with Gasteiger partial charge in [-0.1, -0.05) is 0 Å². The molecule has 0 radical (unpaired) electrons. The molecule has 0 bridgehead atoms. The van der Waals surface area contributed by atoms with Gasteiger partial charge in [-0.25, -0.2) is 17.5 Å². The van der Waals surface area contributed by atoms with Crippen LogP contribution in [0.2, 0.25) is 0 Å². The molecular weight excluding hydrogens is 349 g/mol. The van der Waals surface area contributed by atoms with Crippen LogP contribution in [0, 0.1) is 5.82 Å². The summed E-state index contributed by atoms with van der Waals surface area (Å²) in [5, 5.41) is 2.57. The highest BCUT2D eigenvalue weighted by molar-refractivity contribution is 7.89. The molecule has 1 aromatic carbocycles. The Kier molecular flexibility index (Phi) is 5.82. The van der Waals surface area contributed by atoms with Crippen molar-refractivity contribution in [1.82, 2.24) is 4.72 Å². The van der Waals surface area contributed by atoms with E-state index >= 15 is 0 Å². The smallest absolute Gasteiger partial charge is 0.253 e. The SMILES string of the molecule is CC(C)(C)NS(=O)(=O)c1cc(NC(=O)[C@@H]2CC[C@H](CN)O2)ccc1F. The normalized spacial score (nSPS) is 21.3. The molecular formula is C16H24FN3O4S. The Bertz CT molecular complexity index is 746. The molecule has 9 heteroatoms. The molecule has 0 aromatic heterocycles. The monoisotopic (exact) mass is 373 g/mol. The van der Waals surface area contributed by atoms with Gasteiger partial charge < -0.3 is 15.8 Å². The van der Waals surface area contributed by atoms with E-state index in [2.05, 4.69) is 10.0 Å². The number of carbonyl (C=O) groups is 1. The van der Waals surface area contributed by atoms with Crippen molar-refractivity contribution >= 4 is 21.6 Å². The highest BCUT2D eigenvalue weighted by Gasteiger charge is 2.30. The van der Waals surface area contributed by atoms with Crippen molar-refractivity contribution in [2.24, 2.45) is 5.73 Å². The summed E-state index contributed by atoms with van der Waals surface area (Å²) in [5.74, 6) is -1.30. The number of benzene rings is 1. The van der Waals surface area contributed by atoms with Crippen molar-refractivity contribution in [2.75, 3.05) is 11.9 Å². The highest BCUT2D eigenvalue weighted by atomic mass is 32.2. The first-order valence-corrected chi connectivity index (χ1v) is 9.50. The first-order chi connectivity index (χ1) is 11.5. The molecule has 1 saturated heterocycles. The van der Waals surface area contributed by atoms with Gasteiger partial charge in [0.05, 0.1) is 6.10 Å². The highest BCUT2D eigenvalue weighted by Crippen LogP contribution is 2.23. The summed E-state index contributed by atoms with van der Waals surface area (Å²) in [5.41, 5.74) is 4.93. The third-order valence-corrected chi connectivity index (χ3v) is 5.36. The number of ether oxygens (including phenoxy) is 1. The molecule has 0 saturated carbocycles. The van der Waals surface area contributed by atoms with E-state index in [0.717, 1.165) is 12.1 Å². The first kappa shape index (κ1) is 19.8. The fourth-order valence-electron chi connectivity index (χ4n) is 2.54. The number of nitrogens with two attached hydrogens (primary N) is 1. The molecule has 1 heterocycles. The third kappa shape index (κ3) is 5.21. The van der Waals surface area contributed by atoms with Crippen LogP contribution in [-0.4, -0.2) is 38.6 Å². The van der Waals surface area contributed by atoms with Gasteiger partial charge in [-0.05, 0) is 51.8 Å². The number of hydrogen-bond acceptors (Lipinski definition) is 5. The Balaban J connectivity index is 2.17. The lowest BCUT2D eigenvalue weighted by atomic mass is 10.1. The maximum atomic E-state index is 14.0. The maximum absolute atomic E-state index is 14.0. The number of amides is 1. The number of rotatable bonds is 5. The zero-order valence-electron chi connectivity index (χ0n) is 14.5. The van der Waals surface area contributed by atoms with Gasteiger partial charge in [0.2, 0.25) is 10.0 Å². The van der Waals surface area contributed by atoms with Crippen molar-refractivity contribution in [1.29, 1.82) is 0 Å². The molecule has 25 heavy (non-hydrogen) atoms. The number of halogens is 1. The van der Waals surface area contributed by atoms with Gasteiger partial charge in [0.15, 0.2) is 0 Å². The molecule has 7 nitrogen and oxygen atoms in total. The molecule has 2 rings (SSSR count). The minimum atomic E-state index is -4.06. The zero-order valence-corrected chi connectivity index (χ0v) is 15.3. The number of anilines is 1. The predicted molar refractivity (Wildman–Crippen MR) is 92.1 cm³/mol. The average Bonchev–Trinajstić information content (AvgIpc) is 2.95. The lowest BCUT2D eigenvalue weighted by molar-refractivity contribution is -0.126. The minimum absolute atomic E-state index is 0.157. The number of nitrogens with one attached hydrogen (secondary N) is 2. The number of sulfonamides is 1. The van der Waals surface area contributed by atoms with Crippen molar-refractivity contribution in [2.45, 2.75) is 56.3 Å². The van der Waals surface area contributed by atoms with Crippen molar-refractivity contribution in [3.8, 4) is 0 Å². The van der Waals surface area contributed by atoms with Crippen LogP contribution < -0.4 is 15.8 Å². The molecule has 140 valence electrons. The van der Waals surface area contributed by atoms with Crippen LogP contribution in [0.3, 0.4) is 0 Å². The van der Waals surface area contributed by atoms with Crippen LogP contribution in [-0.2, 0) is 19.6 Å². The van der Waals surface area contributed by atoms with E-state index in [9.17, 15) is 17.6 Å². The largest absolute Gasteiger partial charge is 0.364 e. The lowest BCUT2D eigenvalue weighted by Crippen LogP contribution is -2.40. The Labute approximate surface area is 147 Å². The Morgan fingerprint density at radius 1 is 1.36 bits per heavy atom. The lowest BCUT2D eigenvalue weighted by Gasteiger charge is -2.21. The fourth-order valence-corrected chi connectivity index (χ4v) is 4.06. The summed E-state index contributed by atoms with van der Waals surface area (Å²) < 4.78 is 46.6. The quantitative estimate of drug-likeness (QED) is 0.721. The van der Waals surface area contributed by atoms with E-state index in [4.69, 9.17) is 10.5 Å². The van der Waals surface area contributed by atoms with Crippen molar-refractivity contribution in [3.63, 3.8) is 0 Å². The topological polar surface area (TPSA) is 111 Å². The van der Waals surface area contributed by atoms with Gasteiger partial charge in [0.25, 0.3) is 5.91 Å². The summed E-state index contributed by atoms with van der Waals surface area (Å²) >= 11 is 0. The molecule has 4 N–H and O–H groups in total. The molecule has 1 aliphatic heterocycles. The van der Waals surface area contributed by atoms with E-state index in [0.29, 0.717) is 19.4 Å². The van der Waals surface area contributed by atoms with Crippen LogP contribution in [0.5, 0.6) is 0 Å². The third-order valence-electron chi connectivity index (χ3n) is 3.59. The van der Waals surface area contributed by atoms with Gasteiger partial charge in [-0.15, -0.1) is 0 Å². The van der Waals surface area contributed by atoms with Crippen molar-refractivity contribution in [3.05, 3.63) is 24.0 Å². The predicted octanol–water partition coefficient (Wildman–Crippen LogP) is 1.35. The summed E-state index contributed by atoms with van der Waals surface area (Å²) in [6, 6.07) is 3.40. The molecule has 1 fully saturated rings. The van der Waals surface area contributed by atoms with Crippen LogP contribution in [0.25, 0.3) is 0 Å². The number of hydrogen-bond donors (Lipinski definition) is 3. The molecule has 1 aromatic rings. The second-order valence-corrected chi connectivity index (χ2v) is 8.70. The molecule has 0 unspecified atom stereocenters. The standard InChI is InChI=1S/C16H24FN3O4S/c1-16(2,3)20-25(22,23)14-8-10(4-6-12(14)17)19-15(21)13-7-5-11(9-18)24-13/h4,6,8,11,13,20H,5,7,9,18H2,1-3H3,(H,19,21)/t11-,13+/m1/s1. The van der Waals surface area contributed by atoms with Gasteiger partial charge in [0.1, 0.15) is 16.8 Å². The molecule has 1 aliphatic rings. The second kappa shape index (κ2) is 7.36. The summed E-state index contributed by atoms with van der Waals surface area (Å²) in [7, 11) is -4.06. The molecule has 2 atom stereocenters. The van der Waals surface area contributed by atoms with E-state index in [1.807, 2.05) is 0 Å². The van der Waals surface area contributed by atoms with E-state index in [1.165, 1.54) is 6.07 Å². The van der Waals surface area contributed by atoms with E-state index in [-0.39, 0.29) is 11.8 Å².